The number of non-ortho nitro benzene ring substituents is 1. The summed E-state index contributed by atoms with van der Waals surface area (Å²) >= 11 is 0. The lowest BCUT2D eigenvalue weighted by molar-refractivity contribution is -0.384. The van der Waals surface area contributed by atoms with Crippen molar-refractivity contribution in [3.8, 4) is 0 Å². The lowest BCUT2D eigenvalue weighted by Crippen LogP contribution is -2.29. The van der Waals surface area contributed by atoms with Gasteiger partial charge >= 0.3 is 0 Å². The van der Waals surface area contributed by atoms with Crippen LogP contribution in [0.15, 0.2) is 42.5 Å². The van der Waals surface area contributed by atoms with Crippen LogP contribution in [0.1, 0.15) is 28.8 Å². The van der Waals surface area contributed by atoms with Crippen molar-refractivity contribution in [2.45, 2.75) is 19.3 Å². The molecule has 7 nitrogen and oxygen atoms in total. The molecule has 0 saturated carbocycles. The predicted molar refractivity (Wildman–Crippen MR) is 96.5 cm³/mol. The highest BCUT2D eigenvalue weighted by molar-refractivity contribution is 6.08. The second-order valence-corrected chi connectivity index (χ2v) is 6.48. The number of rotatable bonds is 3. The SMILES string of the molecule is O=C1CCCN1c1cccc(C(=O)N2CCc3cc([N+](=O)[O-])ccc32)c1. The zero-order valence-corrected chi connectivity index (χ0v) is 14.1. The summed E-state index contributed by atoms with van der Waals surface area (Å²) in [6.45, 7) is 1.16. The minimum Gasteiger partial charge on any atom is -0.312 e. The maximum Gasteiger partial charge on any atom is 0.269 e. The summed E-state index contributed by atoms with van der Waals surface area (Å²) in [5, 5.41) is 10.9. The first-order chi connectivity index (χ1) is 12.5. The largest absolute Gasteiger partial charge is 0.312 e. The van der Waals surface area contributed by atoms with Gasteiger partial charge in [0.25, 0.3) is 11.6 Å². The van der Waals surface area contributed by atoms with Gasteiger partial charge in [0.15, 0.2) is 0 Å². The van der Waals surface area contributed by atoms with Crippen LogP contribution in [-0.4, -0.2) is 29.8 Å². The van der Waals surface area contributed by atoms with Gasteiger partial charge in [-0.3, -0.25) is 19.7 Å². The molecule has 4 rings (SSSR count). The molecule has 0 unspecified atom stereocenters. The average Bonchev–Trinajstić information content (AvgIpc) is 3.26. The Morgan fingerprint density at radius 2 is 1.92 bits per heavy atom. The van der Waals surface area contributed by atoms with Gasteiger partial charge in [0.1, 0.15) is 0 Å². The number of anilines is 2. The molecule has 2 aromatic carbocycles. The maximum atomic E-state index is 13.0. The normalized spacial score (nSPS) is 16.1. The number of nitro groups is 1. The molecule has 2 heterocycles. The first-order valence-electron chi connectivity index (χ1n) is 8.54. The number of carbonyl (C=O) groups is 2. The third-order valence-corrected chi connectivity index (χ3v) is 4.89. The molecule has 1 saturated heterocycles. The van der Waals surface area contributed by atoms with Crippen LogP contribution in [0, 0.1) is 10.1 Å². The lowest BCUT2D eigenvalue weighted by Gasteiger charge is -2.20. The summed E-state index contributed by atoms with van der Waals surface area (Å²) in [5.74, 6) is -0.0838. The summed E-state index contributed by atoms with van der Waals surface area (Å²) in [7, 11) is 0. The third kappa shape index (κ3) is 2.71. The number of hydrogen-bond acceptors (Lipinski definition) is 4. The van der Waals surface area contributed by atoms with Crippen molar-refractivity contribution in [3.63, 3.8) is 0 Å². The highest BCUT2D eigenvalue weighted by Gasteiger charge is 2.28. The van der Waals surface area contributed by atoms with E-state index in [9.17, 15) is 19.7 Å². The molecule has 7 heteroatoms. The van der Waals surface area contributed by atoms with Gasteiger partial charge < -0.3 is 9.80 Å². The molecule has 0 atom stereocenters. The number of amides is 2. The second-order valence-electron chi connectivity index (χ2n) is 6.48. The number of benzene rings is 2. The first kappa shape index (κ1) is 16.3. The van der Waals surface area contributed by atoms with Crippen molar-refractivity contribution in [1.82, 2.24) is 0 Å². The van der Waals surface area contributed by atoms with Crippen molar-refractivity contribution < 1.29 is 14.5 Å². The summed E-state index contributed by atoms with van der Waals surface area (Å²) in [6, 6.07) is 11.7. The molecule has 0 aliphatic carbocycles. The molecule has 2 amide bonds. The number of carbonyl (C=O) groups excluding carboxylic acids is 2. The fourth-order valence-corrected chi connectivity index (χ4v) is 3.60. The molecule has 132 valence electrons. The molecule has 1 fully saturated rings. The Labute approximate surface area is 150 Å². The van der Waals surface area contributed by atoms with E-state index < -0.39 is 4.92 Å². The van der Waals surface area contributed by atoms with E-state index in [2.05, 4.69) is 0 Å². The predicted octanol–water partition coefficient (Wildman–Crippen LogP) is 2.92. The maximum absolute atomic E-state index is 13.0. The van der Waals surface area contributed by atoms with Crippen LogP contribution < -0.4 is 9.80 Å². The first-order valence-corrected chi connectivity index (χ1v) is 8.54. The fourth-order valence-electron chi connectivity index (χ4n) is 3.60. The van der Waals surface area contributed by atoms with Gasteiger partial charge in [-0.25, -0.2) is 0 Å². The van der Waals surface area contributed by atoms with E-state index in [4.69, 9.17) is 0 Å². The number of nitrogens with zero attached hydrogens (tertiary/aromatic N) is 3. The Balaban J connectivity index is 1.62. The van der Waals surface area contributed by atoms with E-state index in [0.29, 0.717) is 37.2 Å². The van der Waals surface area contributed by atoms with Gasteiger partial charge in [-0.15, -0.1) is 0 Å². The van der Waals surface area contributed by atoms with Crippen LogP contribution in [0.2, 0.25) is 0 Å². The molecule has 0 spiro atoms. The second kappa shape index (κ2) is 6.25. The minimum absolute atomic E-state index is 0.0348. The Kier molecular flexibility index (Phi) is 3.91. The van der Waals surface area contributed by atoms with E-state index in [-0.39, 0.29) is 17.5 Å². The zero-order valence-electron chi connectivity index (χ0n) is 14.1. The molecule has 0 aromatic heterocycles. The molecule has 0 N–H and O–H groups in total. The van der Waals surface area contributed by atoms with Gasteiger partial charge in [-0.05, 0) is 42.7 Å². The van der Waals surface area contributed by atoms with Crippen LogP contribution in [0.5, 0.6) is 0 Å². The van der Waals surface area contributed by atoms with Crippen LogP contribution >= 0.6 is 0 Å². The zero-order chi connectivity index (χ0) is 18.3. The smallest absolute Gasteiger partial charge is 0.269 e. The minimum atomic E-state index is -0.429. The van der Waals surface area contributed by atoms with Gasteiger partial charge in [0.2, 0.25) is 5.91 Å². The Hall–Kier alpha value is -3.22. The topological polar surface area (TPSA) is 83.8 Å². The van der Waals surface area contributed by atoms with E-state index >= 15 is 0 Å². The van der Waals surface area contributed by atoms with Crippen LogP contribution in [-0.2, 0) is 11.2 Å². The summed E-state index contributed by atoms with van der Waals surface area (Å²) in [5.41, 5.74) is 2.80. The van der Waals surface area contributed by atoms with Gasteiger partial charge in [-0.2, -0.15) is 0 Å². The molecule has 26 heavy (non-hydrogen) atoms. The summed E-state index contributed by atoms with van der Waals surface area (Å²) < 4.78 is 0. The quantitative estimate of drug-likeness (QED) is 0.629. The molecular formula is C19H17N3O4. The molecular weight excluding hydrogens is 334 g/mol. The van der Waals surface area contributed by atoms with Crippen molar-refractivity contribution in [2.75, 3.05) is 22.9 Å². The third-order valence-electron chi connectivity index (χ3n) is 4.89. The van der Waals surface area contributed by atoms with E-state index in [1.807, 2.05) is 6.07 Å². The highest BCUT2D eigenvalue weighted by atomic mass is 16.6. The van der Waals surface area contributed by atoms with Crippen LogP contribution in [0.4, 0.5) is 17.1 Å². The molecule has 0 radical (unpaired) electrons. The standard InChI is InChI=1S/C19H17N3O4/c23-18-5-2-9-20(18)15-4-1-3-14(12-15)19(24)21-10-8-13-11-16(22(25)26)6-7-17(13)21/h1,3-4,6-7,11-12H,2,5,8-10H2. The van der Waals surface area contributed by atoms with Crippen molar-refractivity contribution >= 4 is 28.9 Å². The fraction of sp³-hybridized carbons (Fsp3) is 0.263. The number of hydrogen-bond donors (Lipinski definition) is 0. The average molecular weight is 351 g/mol. The van der Waals surface area contributed by atoms with Gasteiger partial charge in [0, 0.05) is 48.6 Å². The summed E-state index contributed by atoms with van der Waals surface area (Å²) in [6.07, 6.45) is 1.96. The van der Waals surface area contributed by atoms with E-state index in [1.54, 1.807) is 34.1 Å². The van der Waals surface area contributed by atoms with Gasteiger partial charge in [-0.1, -0.05) is 6.07 Å². The molecule has 0 bridgehead atoms. The van der Waals surface area contributed by atoms with Crippen molar-refractivity contribution in [1.29, 1.82) is 0 Å². The Morgan fingerprint density at radius 3 is 2.65 bits per heavy atom. The monoisotopic (exact) mass is 351 g/mol. The molecule has 2 aliphatic rings. The van der Waals surface area contributed by atoms with Gasteiger partial charge in [0.05, 0.1) is 4.92 Å². The summed E-state index contributed by atoms with van der Waals surface area (Å²) in [4.78, 5) is 38.7. The van der Waals surface area contributed by atoms with Crippen molar-refractivity contribution in [2.24, 2.45) is 0 Å². The van der Waals surface area contributed by atoms with E-state index in [0.717, 1.165) is 17.7 Å². The highest BCUT2D eigenvalue weighted by Crippen LogP contribution is 2.33. The number of nitro benzene ring substituents is 1. The molecule has 2 aromatic rings. The van der Waals surface area contributed by atoms with Crippen LogP contribution in [0.3, 0.4) is 0 Å². The van der Waals surface area contributed by atoms with Crippen molar-refractivity contribution in [3.05, 3.63) is 63.7 Å². The van der Waals surface area contributed by atoms with E-state index in [1.165, 1.54) is 12.1 Å². The number of fused-ring (bicyclic) bond motifs is 1. The Bertz CT molecular complexity index is 925. The Morgan fingerprint density at radius 1 is 1.08 bits per heavy atom. The van der Waals surface area contributed by atoms with Crippen LogP contribution in [0.25, 0.3) is 0 Å². The molecule has 2 aliphatic heterocycles. The lowest BCUT2D eigenvalue weighted by atomic mass is 10.1.